The summed E-state index contributed by atoms with van der Waals surface area (Å²) in [6.45, 7) is 6.09. The number of aromatic nitrogens is 3. The molecule has 1 aliphatic heterocycles. The van der Waals surface area contributed by atoms with E-state index in [0.717, 1.165) is 16.3 Å². The highest BCUT2D eigenvalue weighted by molar-refractivity contribution is 6.02. The molecule has 0 unspecified atom stereocenters. The summed E-state index contributed by atoms with van der Waals surface area (Å²) in [5, 5.41) is 2.13. The lowest BCUT2D eigenvalue weighted by Crippen LogP contribution is -2.49. The van der Waals surface area contributed by atoms with Crippen LogP contribution in [0, 0.1) is 17.7 Å². The quantitative estimate of drug-likeness (QED) is 0.304. The van der Waals surface area contributed by atoms with Crippen LogP contribution in [0.15, 0.2) is 55.0 Å². The smallest absolute Gasteiger partial charge is 0.318 e. The standard InChI is InChI=1S/C28H23F2N5O2/c1-4-7-18-8-5-9-19-10-6-11-20(22(18)19)24-23(30)25-21(16-31-24)26(33-28(32-25)37-3)34-12-14-35(15-13-34)27(36)17(2)29/h5-6,8-11,16H,2,12-15H2,1,3H3. The van der Waals surface area contributed by atoms with Crippen molar-refractivity contribution in [3.63, 3.8) is 0 Å². The van der Waals surface area contributed by atoms with Crippen LogP contribution in [0.5, 0.6) is 6.01 Å². The summed E-state index contributed by atoms with van der Waals surface area (Å²) in [4.78, 5) is 28.5. The van der Waals surface area contributed by atoms with Crippen molar-refractivity contribution in [3.8, 4) is 29.1 Å². The Morgan fingerprint density at radius 3 is 2.51 bits per heavy atom. The van der Waals surface area contributed by atoms with E-state index in [4.69, 9.17) is 4.74 Å². The topological polar surface area (TPSA) is 71.5 Å². The molecule has 2 aromatic heterocycles. The molecule has 5 rings (SSSR count). The normalized spacial score (nSPS) is 13.4. The van der Waals surface area contributed by atoms with Gasteiger partial charge in [0.25, 0.3) is 5.91 Å². The molecule has 4 aromatic rings. The Bertz CT molecular complexity index is 1610. The minimum atomic E-state index is -0.997. The molecule has 1 fully saturated rings. The second-order valence-electron chi connectivity index (χ2n) is 8.49. The zero-order valence-corrected chi connectivity index (χ0v) is 20.4. The molecule has 0 spiro atoms. The Balaban J connectivity index is 1.63. The Labute approximate surface area is 212 Å². The van der Waals surface area contributed by atoms with E-state index in [1.165, 1.54) is 12.0 Å². The van der Waals surface area contributed by atoms with Crippen LogP contribution in [0.2, 0.25) is 0 Å². The van der Waals surface area contributed by atoms with Crippen LogP contribution in [0.25, 0.3) is 32.9 Å². The minimum absolute atomic E-state index is 0.00431. The number of hydrogen-bond donors (Lipinski definition) is 0. The molecule has 1 amide bonds. The maximum absolute atomic E-state index is 16.2. The van der Waals surface area contributed by atoms with Crippen molar-refractivity contribution < 1.29 is 18.3 Å². The fourth-order valence-corrected chi connectivity index (χ4v) is 4.61. The first-order chi connectivity index (χ1) is 17.9. The minimum Gasteiger partial charge on any atom is -0.467 e. The highest BCUT2D eigenvalue weighted by atomic mass is 19.1. The predicted molar refractivity (Wildman–Crippen MR) is 138 cm³/mol. The van der Waals surface area contributed by atoms with Crippen molar-refractivity contribution in [2.75, 3.05) is 38.2 Å². The van der Waals surface area contributed by atoms with E-state index in [2.05, 4.69) is 33.4 Å². The molecule has 37 heavy (non-hydrogen) atoms. The van der Waals surface area contributed by atoms with Gasteiger partial charge in [-0.1, -0.05) is 42.8 Å². The maximum Gasteiger partial charge on any atom is 0.318 e. The van der Waals surface area contributed by atoms with Gasteiger partial charge in [-0.25, -0.2) is 8.78 Å². The van der Waals surface area contributed by atoms with E-state index in [0.29, 0.717) is 29.9 Å². The molecule has 9 heteroatoms. The third-order valence-corrected chi connectivity index (χ3v) is 6.34. The second-order valence-corrected chi connectivity index (χ2v) is 8.49. The fraction of sp³-hybridized carbons (Fsp3) is 0.214. The second kappa shape index (κ2) is 9.82. The first-order valence-corrected chi connectivity index (χ1v) is 11.7. The van der Waals surface area contributed by atoms with E-state index in [9.17, 15) is 9.18 Å². The summed E-state index contributed by atoms with van der Waals surface area (Å²) in [5.41, 5.74) is 1.60. The fourth-order valence-electron chi connectivity index (χ4n) is 4.61. The zero-order chi connectivity index (χ0) is 26.1. The number of carbonyl (C=O) groups is 1. The number of rotatable bonds is 4. The van der Waals surface area contributed by atoms with E-state index in [-0.39, 0.29) is 30.3 Å². The Morgan fingerprint density at radius 2 is 1.84 bits per heavy atom. The van der Waals surface area contributed by atoms with Gasteiger partial charge in [0, 0.05) is 48.9 Å². The molecule has 186 valence electrons. The highest BCUT2D eigenvalue weighted by Crippen LogP contribution is 2.36. The van der Waals surface area contributed by atoms with Gasteiger partial charge in [0.05, 0.1) is 12.5 Å². The lowest BCUT2D eigenvalue weighted by molar-refractivity contribution is -0.128. The van der Waals surface area contributed by atoms with E-state index < -0.39 is 17.6 Å². The van der Waals surface area contributed by atoms with Gasteiger partial charge >= 0.3 is 6.01 Å². The molecular formula is C28H23F2N5O2. The highest BCUT2D eigenvalue weighted by Gasteiger charge is 2.27. The third-order valence-electron chi connectivity index (χ3n) is 6.34. The lowest BCUT2D eigenvalue weighted by Gasteiger charge is -2.35. The Morgan fingerprint density at radius 1 is 1.11 bits per heavy atom. The average Bonchev–Trinajstić information content (AvgIpc) is 2.92. The summed E-state index contributed by atoms with van der Waals surface area (Å²) in [7, 11) is 1.41. The number of hydrogen-bond acceptors (Lipinski definition) is 6. The van der Waals surface area contributed by atoms with Crippen molar-refractivity contribution in [1.29, 1.82) is 0 Å². The molecule has 2 aromatic carbocycles. The first-order valence-electron chi connectivity index (χ1n) is 11.7. The van der Waals surface area contributed by atoms with Gasteiger partial charge in [0.15, 0.2) is 11.6 Å². The van der Waals surface area contributed by atoms with Crippen molar-refractivity contribution >= 4 is 33.4 Å². The van der Waals surface area contributed by atoms with Gasteiger partial charge in [0.1, 0.15) is 17.0 Å². The zero-order valence-electron chi connectivity index (χ0n) is 20.4. The molecule has 0 radical (unpaired) electrons. The molecule has 3 heterocycles. The maximum atomic E-state index is 16.2. The van der Waals surface area contributed by atoms with Crippen LogP contribution >= 0.6 is 0 Å². The van der Waals surface area contributed by atoms with Gasteiger partial charge in [-0.3, -0.25) is 9.78 Å². The molecule has 1 saturated heterocycles. The van der Waals surface area contributed by atoms with Crippen molar-refractivity contribution in [1.82, 2.24) is 19.9 Å². The van der Waals surface area contributed by atoms with Crippen LogP contribution in [0.4, 0.5) is 14.6 Å². The van der Waals surface area contributed by atoms with Gasteiger partial charge in [-0.2, -0.15) is 9.97 Å². The van der Waals surface area contributed by atoms with Crippen LogP contribution in [0.3, 0.4) is 0 Å². The summed E-state index contributed by atoms with van der Waals surface area (Å²) in [5.74, 6) is 4.11. The number of nitrogens with zero attached hydrogens (tertiary/aromatic N) is 5. The monoisotopic (exact) mass is 499 g/mol. The number of carbonyl (C=O) groups excluding carboxylic acids is 1. The van der Waals surface area contributed by atoms with Crippen molar-refractivity contribution in [2.45, 2.75) is 6.92 Å². The molecule has 0 aliphatic carbocycles. The SMILES string of the molecule is C=C(F)C(=O)N1CCN(c2nc(OC)nc3c(F)c(-c4cccc5cccc(C#CC)c45)ncc23)CC1. The number of amides is 1. The van der Waals surface area contributed by atoms with Gasteiger partial charge in [0.2, 0.25) is 0 Å². The molecular weight excluding hydrogens is 476 g/mol. The Kier molecular flexibility index (Phi) is 6.40. The number of halogens is 2. The first kappa shape index (κ1) is 24.1. The van der Waals surface area contributed by atoms with Crippen LogP contribution in [-0.2, 0) is 4.79 Å². The summed E-state index contributed by atoms with van der Waals surface area (Å²) in [6, 6.07) is 11.4. The number of piperazine rings is 1. The van der Waals surface area contributed by atoms with Crippen LogP contribution in [0.1, 0.15) is 12.5 Å². The third kappa shape index (κ3) is 4.31. The largest absolute Gasteiger partial charge is 0.467 e. The van der Waals surface area contributed by atoms with Crippen LogP contribution in [-0.4, -0.2) is 59.0 Å². The van der Waals surface area contributed by atoms with Crippen LogP contribution < -0.4 is 9.64 Å². The number of fused-ring (bicyclic) bond motifs is 2. The van der Waals surface area contributed by atoms with E-state index in [1.54, 1.807) is 13.1 Å². The number of pyridine rings is 1. The lowest BCUT2D eigenvalue weighted by atomic mass is 9.96. The summed E-state index contributed by atoms with van der Waals surface area (Å²) in [6.07, 6.45) is 1.55. The molecule has 7 nitrogen and oxygen atoms in total. The van der Waals surface area contributed by atoms with Crippen molar-refractivity contribution in [2.24, 2.45) is 0 Å². The summed E-state index contributed by atoms with van der Waals surface area (Å²) < 4.78 is 34.7. The average molecular weight is 500 g/mol. The van der Waals surface area contributed by atoms with Gasteiger partial charge in [-0.15, -0.1) is 5.92 Å². The van der Waals surface area contributed by atoms with E-state index in [1.807, 2.05) is 41.3 Å². The van der Waals surface area contributed by atoms with Crippen molar-refractivity contribution in [3.05, 3.63) is 66.4 Å². The number of ether oxygens (including phenoxy) is 1. The predicted octanol–water partition coefficient (Wildman–Crippen LogP) is 4.50. The van der Waals surface area contributed by atoms with Gasteiger partial charge in [-0.05, 0) is 18.4 Å². The number of benzene rings is 2. The Hall–Kier alpha value is -4.58. The molecule has 0 N–H and O–H groups in total. The molecule has 0 bridgehead atoms. The number of anilines is 1. The molecule has 1 aliphatic rings. The van der Waals surface area contributed by atoms with E-state index >= 15 is 4.39 Å². The van der Waals surface area contributed by atoms with Gasteiger partial charge < -0.3 is 14.5 Å². The molecule has 0 atom stereocenters. The number of methoxy groups -OCH3 is 1. The molecule has 0 saturated carbocycles. The summed E-state index contributed by atoms with van der Waals surface area (Å²) >= 11 is 0.